The van der Waals surface area contributed by atoms with Crippen LogP contribution < -0.4 is 9.47 Å². The summed E-state index contributed by atoms with van der Waals surface area (Å²) >= 11 is 0. The Hall–Kier alpha value is -2.23. The van der Waals surface area contributed by atoms with E-state index in [9.17, 15) is 4.79 Å². The van der Waals surface area contributed by atoms with Gasteiger partial charge in [0, 0.05) is 12.5 Å². The predicted molar refractivity (Wildman–Crippen MR) is 79.2 cm³/mol. The summed E-state index contributed by atoms with van der Waals surface area (Å²) in [5.41, 5.74) is 1.81. The number of hydrogen-bond acceptors (Lipinski definition) is 3. The molecule has 0 saturated carbocycles. The Morgan fingerprint density at radius 3 is 2.70 bits per heavy atom. The van der Waals surface area contributed by atoms with Gasteiger partial charge in [-0.3, -0.25) is 0 Å². The van der Waals surface area contributed by atoms with Crippen LogP contribution in [0.3, 0.4) is 0 Å². The van der Waals surface area contributed by atoms with E-state index >= 15 is 0 Å². The minimum absolute atomic E-state index is 0.517. The number of carbonyl (C=O) groups is 1. The molecule has 0 heterocycles. The van der Waals surface area contributed by atoms with Crippen molar-refractivity contribution in [2.45, 2.75) is 20.3 Å². The van der Waals surface area contributed by atoms with Crippen molar-refractivity contribution in [3.05, 3.63) is 42.0 Å². The number of aliphatic carboxylic acids is 1. The van der Waals surface area contributed by atoms with Crippen molar-refractivity contribution in [3.63, 3.8) is 0 Å². The molecule has 0 atom stereocenters. The zero-order valence-electron chi connectivity index (χ0n) is 11.9. The lowest BCUT2D eigenvalue weighted by molar-refractivity contribution is -0.131. The minimum atomic E-state index is -0.982. The Labute approximate surface area is 119 Å². The summed E-state index contributed by atoms with van der Waals surface area (Å²) in [6.45, 7) is 8.72. The smallest absolute Gasteiger partial charge is 0.328 e. The van der Waals surface area contributed by atoms with Crippen LogP contribution in [0.15, 0.2) is 36.4 Å². The molecule has 0 aromatic heterocycles. The third-order valence-electron chi connectivity index (χ3n) is 2.47. The molecule has 0 radical (unpaired) electrons. The standard InChI is InChI=1S/C16H20O4/c1-4-19-15-11-13(6-8-16(17)18)5-7-14(15)20-10-9-12(2)3/h5-8,11H,2,4,9-10H2,1,3H3,(H,17,18)/b8-6+. The molecule has 0 bridgehead atoms. The van der Waals surface area contributed by atoms with Crippen LogP contribution in [0.2, 0.25) is 0 Å². The van der Waals surface area contributed by atoms with Crippen LogP contribution in [0.4, 0.5) is 0 Å². The maximum Gasteiger partial charge on any atom is 0.328 e. The summed E-state index contributed by atoms with van der Waals surface area (Å²) in [5, 5.41) is 8.62. The summed E-state index contributed by atoms with van der Waals surface area (Å²) in [6.07, 6.45) is 3.39. The molecule has 0 fully saturated rings. The van der Waals surface area contributed by atoms with E-state index in [-0.39, 0.29) is 0 Å². The predicted octanol–water partition coefficient (Wildman–Crippen LogP) is 3.53. The molecule has 4 heteroatoms. The maximum atomic E-state index is 10.5. The van der Waals surface area contributed by atoms with Crippen LogP contribution in [-0.2, 0) is 4.79 Å². The fourth-order valence-corrected chi connectivity index (χ4v) is 1.52. The molecule has 0 spiro atoms. The Balaban J connectivity index is 2.83. The van der Waals surface area contributed by atoms with Crippen molar-refractivity contribution in [2.75, 3.05) is 13.2 Å². The van der Waals surface area contributed by atoms with Gasteiger partial charge in [0.25, 0.3) is 0 Å². The van der Waals surface area contributed by atoms with Crippen molar-refractivity contribution in [3.8, 4) is 11.5 Å². The van der Waals surface area contributed by atoms with Gasteiger partial charge in [-0.25, -0.2) is 4.79 Å². The van der Waals surface area contributed by atoms with Crippen LogP contribution in [0.5, 0.6) is 11.5 Å². The largest absolute Gasteiger partial charge is 0.490 e. The molecule has 0 amide bonds. The van der Waals surface area contributed by atoms with Crippen LogP contribution in [0.1, 0.15) is 25.8 Å². The Bertz CT molecular complexity index is 503. The minimum Gasteiger partial charge on any atom is -0.490 e. The average molecular weight is 276 g/mol. The van der Waals surface area contributed by atoms with Crippen molar-refractivity contribution in [2.24, 2.45) is 0 Å². The lowest BCUT2D eigenvalue weighted by Gasteiger charge is -2.12. The summed E-state index contributed by atoms with van der Waals surface area (Å²) in [4.78, 5) is 10.5. The van der Waals surface area contributed by atoms with E-state index in [1.54, 1.807) is 18.2 Å². The van der Waals surface area contributed by atoms with Gasteiger partial charge in [-0.15, -0.1) is 6.58 Å². The van der Waals surface area contributed by atoms with Gasteiger partial charge in [0.1, 0.15) is 0 Å². The SMILES string of the molecule is C=C(C)CCOc1ccc(/C=C/C(=O)O)cc1OCC. The van der Waals surface area contributed by atoms with Crippen LogP contribution in [0.25, 0.3) is 6.08 Å². The monoisotopic (exact) mass is 276 g/mol. The van der Waals surface area contributed by atoms with Crippen LogP contribution >= 0.6 is 0 Å². The maximum absolute atomic E-state index is 10.5. The second kappa shape index (κ2) is 8.04. The molecular formula is C16H20O4. The second-order valence-corrected chi connectivity index (χ2v) is 4.37. The van der Waals surface area contributed by atoms with Crippen molar-refractivity contribution >= 4 is 12.0 Å². The molecule has 0 aliphatic carbocycles. The Morgan fingerprint density at radius 2 is 2.10 bits per heavy atom. The third-order valence-corrected chi connectivity index (χ3v) is 2.47. The molecule has 108 valence electrons. The first-order valence-electron chi connectivity index (χ1n) is 6.48. The van der Waals surface area contributed by atoms with E-state index in [2.05, 4.69) is 6.58 Å². The third kappa shape index (κ3) is 5.61. The first-order valence-corrected chi connectivity index (χ1v) is 6.48. The van der Waals surface area contributed by atoms with E-state index in [0.717, 1.165) is 23.6 Å². The van der Waals surface area contributed by atoms with Gasteiger partial charge < -0.3 is 14.6 Å². The lowest BCUT2D eigenvalue weighted by atomic mass is 10.2. The van der Waals surface area contributed by atoms with Gasteiger partial charge in [-0.05, 0) is 37.6 Å². The zero-order chi connectivity index (χ0) is 15.0. The molecule has 20 heavy (non-hydrogen) atoms. The molecule has 1 N–H and O–H groups in total. The van der Waals surface area contributed by atoms with Crippen LogP contribution in [0, 0.1) is 0 Å². The molecule has 0 aliphatic rings. The van der Waals surface area contributed by atoms with E-state index in [4.69, 9.17) is 14.6 Å². The molecule has 0 saturated heterocycles. The van der Waals surface area contributed by atoms with Crippen molar-refractivity contribution in [1.29, 1.82) is 0 Å². The van der Waals surface area contributed by atoms with E-state index in [1.165, 1.54) is 6.08 Å². The Kier molecular flexibility index (Phi) is 6.37. The van der Waals surface area contributed by atoms with Gasteiger partial charge in [-0.2, -0.15) is 0 Å². The number of rotatable bonds is 8. The summed E-state index contributed by atoms with van der Waals surface area (Å²) in [5.74, 6) is 0.284. The van der Waals surface area contributed by atoms with E-state index in [1.807, 2.05) is 13.8 Å². The van der Waals surface area contributed by atoms with Crippen molar-refractivity contribution < 1.29 is 19.4 Å². The molecule has 1 aromatic carbocycles. The highest BCUT2D eigenvalue weighted by molar-refractivity contribution is 5.85. The first kappa shape index (κ1) is 15.8. The number of ether oxygens (including phenoxy) is 2. The van der Waals surface area contributed by atoms with Crippen molar-refractivity contribution in [1.82, 2.24) is 0 Å². The van der Waals surface area contributed by atoms with E-state index < -0.39 is 5.97 Å². The summed E-state index contributed by atoms with van der Waals surface area (Å²) in [6, 6.07) is 5.34. The molecule has 1 aromatic rings. The molecule has 0 aliphatic heterocycles. The summed E-state index contributed by atoms with van der Waals surface area (Å²) < 4.78 is 11.2. The van der Waals surface area contributed by atoms with Gasteiger partial charge in [-0.1, -0.05) is 11.6 Å². The molecule has 0 unspecified atom stereocenters. The van der Waals surface area contributed by atoms with Gasteiger partial charge in [0.05, 0.1) is 13.2 Å². The zero-order valence-corrected chi connectivity index (χ0v) is 11.9. The second-order valence-electron chi connectivity index (χ2n) is 4.37. The molecule has 4 nitrogen and oxygen atoms in total. The number of carboxylic acids is 1. The fraction of sp³-hybridized carbons (Fsp3) is 0.312. The molecule has 1 rings (SSSR count). The highest BCUT2D eigenvalue weighted by Gasteiger charge is 2.05. The molecular weight excluding hydrogens is 256 g/mol. The number of benzene rings is 1. The summed E-state index contributed by atoms with van der Waals surface area (Å²) in [7, 11) is 0. The highest BCUT2D eigenvalue weighted by Crippen LogP contribution is 2.29. The number of carboxylic acid groups (broad SMARTS) is 1. The average Bonchev–Trinajstić information content (AvgIpc) is 2.38. The van der Waals surface area contributed by atoms with Gasteiger partial charge in [0.2, 0.25) is 0 Å². The quantitative estimate of drug-likeness (QED) is 0.583. The van der Waals surface area contributed by atoms with Gasteiger partial charge >= 0.3 is 5.97 Å². The lowest BCUT2D eigenvalue weighted by Crippen LogP contribution is -2.01. The van der Waals surface area contributed by atoms with Gasteiger partial charge in [0.15, 0.2) is 11.5 Å². The van der Waals surface area contributed by atoms with Crippen LogP contribution in [-0.4, -0.2) is 24.3 Å². The normalized spacial score (nSPS) is 10.5. The fourth-order valence-electron chi connectivity index (χ4n) is 1.52. The van der Waals surface area contributed by atoms with E-state index in [0.29, 0.717) is 24.7 Å². The number of hydrogen-bond donors (Lipinski definition) is 1. The topological polar surface area (TPSA) is 55.8 Å². The highest BCUT2D eigenvalue weighted by atomic mass is 16.5. The first-order chi connectivity index (χ1) is 9.52. The Morgan fingerprint density at radius 1 is 1.35 bits per heavy atom.